The molecule has 2 amide bonds. The van der Waals surface area contributed by atoms with Crippen LogP contribution in [0.2, 0.25) is 0 Å². The van der Waals surface area contributed by atoms with E-state index in [2.05, 4.69) is 15.3 Å². The molecule has 2 aromatic heterocycles. The van der Waals surface area contributed by atoms with Crippen LogP contribution >= 0.6 is 0 Å². The van der Waals surface area contributed by atoms with Crippen molar-refractivity contribution in [2.75, 3.05) is 18.8 Å². The zero-order chi connectivity index (χ0) is 29.1. The van der Waals surface area contributed by atoms with E-state index < -0.39 is 23.8 Å². The van der Waals surface area contributed by atoms with Crippen LogP contribution in [0.15, 0.2) is 77.5 Å². The minimum atomic E-state index is -4.72. The first-order valence-electron chi connectivity index (χ1n) is 12.4. The fourth-order valence-corrected chi connectivity index (χ4v) is 4.16. The topological polar surface area (TPSA) is 114 Å². The fourth-order valence-electron chi connectivity index (χ4n) is 4.16. The smallest absolute Gasteiger partial charge is 0.417 e. The number of anilines is 1. The molecule has 5 rings (SSSR count). The van der Waals surface area contributed by atoms with Crippen molar-refractivity contribution in [1.82, 2.24) is 20.2 Å². The van der Waals surface area contributed by atoms with E-state index >= 15 is 0 Å². The predicted octanol–water partition coefficient (Wildman–Crippen LogP) is 5.13. The second kappa shape index (κ2) is 11.2. The Morgan fingerprint density at radius 3 is 2.41 bits per heavy atom. The van der Waals surface area contributed by atoms with Crippen LogP contribution in [0.4, 0.5) is 23.4 Å². The van der Waals surface area contributed by atoms with Crippen LogP contribution in [0.3, 0.4) is 0 Å². The number of rotatable bonds is 7. The van der Waals surface area contributed by atoms with E-state index in [0.29, 0.717) is 22.5 Å². The fraction of sp³-hybridized carbons (Fsp3) is 0.172. The number of carbonyl (C=O) groups excluding carboxylic acids is 2. The molecule has 0 saturated carbocycles. The summed E-state index contributed by atoms with van der Waals surface area (Å²) in [7, 11) is 0. The molecule has 0 spiro atoms. The third-order valence-corrected chi connectivity index (χ3v) is 6.37. The number of oxazole rings is 1. The lowest BCUT2D eigenvalue weighted by molar-refractivity contribution is -0.137. The lowest BCUT2D eigenvalue weighted by atomic mass is 9.97. The number of pyridine rings is 1. The highest BCUT2D eigenvalue weighted by Crippen LogP contribution is 2.39. The highest BCUT2D eigenvalue weighted by Gasteiger charge is 2.35. The summed E-state index contributed by atoms with van der Waals surface area (Å²) in [5, 5.41) is 2.58. The summed E-state index contributed by atoms with van der Waals surface area (Å²) >= 11 is 0. The Morgan fingerprint density at radius 2 is 1.76 bits per heavy atom. The maximum absolute atomic E-state index is 14.0. The van der Waals surface area contributed by atoms with Crippen LogP contribution in [0.25, 0.3) is 28.7 Å². The number of hydrogen-bond acceptors (Lipinski definition) is 6. The number of likely N-dealkylation sites (tertiary alicyclic amines) is 1. The first-order valence-corrected chi connectivity index (χ1v) is 12.4. The largest absolute Gasteiger partial charge is 0.439 e. The molecule has 0 unspecified atom stereocenters. The Labute approximate surface area is 231 Å². The van der Waals surface area contributed by atoms with Crippen molar-refractivity contribution >= 4 is 23.7 Å². The molecule has 1 aliphatic rings. The molecule has 0 aliphatic carbocycles. The van der Waals surface area contributed by atoms with Gasteiger partial charge in [-0.3, -0.25) is 9.59 Å². The molecule has 0 bridgehead atoms. The first kappa shape index (κ1) is 27.6. The Balaban J connectivity index is 1.29. The zero-order valence-electron chi connectivity index (χ0n) is 21.4. The van der Waals surface area contributed by atoms with E-state index in [4.69, 9.17) is 10.2 Å². The number of amides is 2. The van der Waals surface area contributed by atoms with Crippen molar-refractivity contribution in [2.45, 2.75) is 18.9 Å². The van der Waals surface area contributed by atoms with Crippen LogP contribution in [-0.2, 0) is 17.5 Å². The van der Waals surface area contributed by atoms with E-state index in [1.807, 2.05) is 0 Å². The van der Waals surface area contributed by atoms with Gasteiger partial charge in [0.05, 0.1) is 31.4 Å². The molecule has 41 heavy (non-hydrogen) atoms. The van der Waals surface area contributed by atoms with Gasteiger partial charge >= 0.3 is 6.18 Å². The molecular weight excluding hydrogens is 542 g/mol. The van der Waals surface area contributed by atoms with E-state index in [9.17, 15) is 27.2 Å². The van der Waals surface area contributed by atoms with Gasteiger partial charge in [-0.25, -0.2) is 14.4 Å². The highest BCUT2D eigenvalue weighted by molar-refractivity contribution is 5.95. The third kappa shape index (κ3) is 6.43. The summed E-state index contributed by atoms with van der Waals surface area (Å²) in [5.74, 6) is -0.528. The van der Waals surface area contributed by atoms with Crippen molar-refractivity contribution in [1.29, 1.82) is 0 Å². The molecule has 3 N–H and O–H groups in total. The van der Waals surface area contributed by atoms with Crippen LogP contribution in [0.1, 0.15) is 27.2 Å². The molecule has 4 aromatic rings. The van der Waals surface area contributed by atoms with Crippen molar-refractivity contribution in [3.8, 4) is 22.6 Å². The maximum Gasteiger partial charge on any atom is 0.417 e. The van der Waals surface area contributed by atoms with Crippen molar-refractivity contribution in [3.05, 3.63) is 95.5 Å². The molecule has 12 heteroatoms. The molecule has 210 valence electrons. The normalized spacial score (nSPS) is 13.8. The molecule has 0 atom stereocenters. The number of benzene rings is 2. The van der Waals surface area contributed by atoms with Crippen molar-refractivity contribution < 1.29 is 31.6 Å². The molecule has 1 fully saturated rings. The molecule has 1 aliphatic heterocycles. The van der Waals surface area contributed by atoms with Crippen LogP contribution in [-0.4, -0.2) is 45.9 Å². The molecule has 1 saturated heterocycles. The van der Waals surface area contributed by atoms with Gasteiger partial charge in [-0.2, -0.15) is 13.2 Å². The predicted molar refractivity (Wildman–Crippen MR) is 143 cm³/mol. The average Bonchev–Trinajstić information content (AvgIpc) is 3.42. The van der Waals surface area contributed by atoms with Gasteiger partial charge in [-0.1, -0.05) is 18.2 Å². The van der Waals surface area contributed by atoms with Gasteiger partial charge < -0.3 is 20.4 Å². The number of hydrogen-bond donors (Lipinski definition) is 2. The SMILES string of the molecule is Nc1ccc(/C=C/C(=O)NCc2cnc(-c3ccc(-c4ccc(C(=O)N5CC(F)C5)cc4)cc3C(F)(F)F)o2)cn1. The highest BCUT2D eigenvalue weighted by atomic mass is 19.4. The van der Waals surface area contributed by atoms with Gasteiger partial charge in [-0.15, -0.1) is 0 Å². The van der Waals surface area contributed by atoms with E-state index in [1.54, 1.807) is 24.3 Å². The summed E-state index contributed by atoms with van der Waals surface area (Å²) in [6.07, 6.45) is -0.195. The van der Waals surface area contributed by atoms with Crippen LogP contribution < -0.4 is 11.1 Å². The number of alkyl halides is 4. The van der Waals surface area contributed by atoms with Crippen LogP contribution in [0.5, 0.6) is 0 Å². The van der Waals surface area contributed by atoms with E-state index in [1.165, 1.54) is 53.7 Å². The number of nitrogens with zero attached hydrogens (tertiary/aromatic N) is 3. The van der Waals surface area contributed by atoms with Gasteiger partial charge in [0.1, 0.15) is 17.7 Å². The number of nitrogens with one attached hydrogen (secondary N) is 1. The molecule has 0 radical (unpaired) electrons. The lowest BCUT2D eigenvalue weighted by Gasteiger charge is -2.34. The first-order chi connectivity index (χ1) is 19.6. The Hall–Kier alpha value is -5.00. The van der Waals surface area contributed by atoms with Crippen molar-refractivity contribution in [3.63, 3.8) is 0 Å². The average molecular weight is 566 g/mol. The lowest BCUT2D eigenvalue weighted by Crippen LogP contribution is -2.51. The summed E-state index contributed by atoms with van der Waals surface area (Å²) < 4.78 is 60.7. The number of halogens is 4. The van der Waals surface area contributed by atoms with Gasteiger partial charge in [0, 0.05) is 23.4 Å². The van der Waals surface area contributed by atoms with Gasteiger partial charge in [0.15, 0.2) is 0 Å². The Kier molecular flexibility index (Phi) is 7.56. The third-order valence-electron chi connectivity index (χ3n) is 6.37. The molecule has 3 heterocycles. The molecular formula is C29H23F4N5O3. The monoisotopic (exact) mass is 565 g/mol. The summed E-state index contributed by atoms with van der Waals surface area (Å²) in [6, 6.07) is 13.1. The van der Waals surface area contributed by atoms with Gasteiger partial charge in [0.25, 0.3) is 5.91 Å². The quantitative estimate of drug-likeness (QED) is 0.237. The van der Waals surface area contributed by atoms with E-state index in [-0.39, 0.29) is 48.3 Å². The van der Waals surface area contributed by atoms with E-state index in [0.717, 1.165) is 6.07 Å². The second-order valence-electron chi connectivity index (χ2n) is 9.34. The summed E-state index contributed by atoms with van der Waals surface area (Å²) in [5.41, 5.74) is 6.02. The van der Waals surface area contributed by atoms with Crippen LogP contribution in [0, 0.1) is 0 Å². The Bertz CT molecular complexity index is 1590. The summed E-state index contributed by atoms with van der Waals surface area (Å²) in [6.45, 7) is -0.0270. The van der Waals surface area contributed by atoms with Gasteiger partial charge in [-0.05, 0) is 59.2 Å². The molecule has 2 aromatic carbocycles. The second-order valence-corrected chi connectivity index (χ2v) is 9.34. The minimum absolute atomic E-state index is 0.0331. The number of aromatic nitrogens is 2. The standard InChI is InChI=1S/C29H23F4N5O3/c30-21-15-38(16-21)28(40)19-5-3-18(4-6-19)20-7-8-23(24(11-20)29(31,32)33)27-37-14-22(41-27)13-36-26(39)10-2-17-1-9-25(34)35-12-17/h1-12,14,21H,13,15-16H2,(H2,34,35)(H,36,39)/b10-2+. The Morgan fingerprint density at radius 1 is 1.02 bits per heavy atom. The van der Waals surface area contributed by atoms with Gasteiger partial charge in [0.2, 0.25) is 11.8 Å². The number of carbonyl (C=O) groups is 2. The summed E-state index contributed by atoms with van der Waals surface area (Å²) in [4.78, 5) is 33.7. The molecule has 8 nitrogen and oxygen atoms in total. The number of nitrogen functional groups attached to an aromatic ring is 1. The zero-order valence-corrected chi connectivity index (χ0v) is 21.4. The minimum Gasteiger partial charge on any atom is -0.439 e. The maximum atomic E-state index is 14.0. The van der Waals surface area contributed by atoms with Crippen molar-refractivity contribution in [2.24, 2.45) is 0 Å². The number of nitrogens with two attached hydrogens (primary N) is 1.